The van der Waals surface area contributed by atoms with Gasteiger partial charge in [-0.2, -0.15) is 5.26 Å². The van der Waals surface area contributed by atoms with Gasteiger partial charge < -0.3 is 4.98 Å². The van der Waals surface area contributed by atoms with Crippen LogP contribution in [-0.2, 0) is 0 Å². The van der Waals surface area contributed by atoms with Gasteiger partial charge in [0.2, 0.25) is 0 Å². The zero-order chi connectivity index (χ0) is 7.56. The van der Waals surface area contributed by atoms with Crippen molar-refractivity contribution in [1.82, 2.24) is 4.98 Å². The largest absolute Gasteiger partial charge is 0.351 e. The second-order valence-corrected chi connectivity index (χ2v) is 2.08. The number of hydrogen-bond donors (Lipinski definition) is 1. The lowest BCUT2D eigenvalue weighted by Gasteiger charge is -1.89. The van der Waals surface area contributed by atoms with Gasteiger partial charge in [-0.1, -0.05) is 12.2 Å². The SMILES string of the molecule is N#Cc1[nH]ccc(=S)c1F. The summed E-state index contributed by atoms with van der Waals surface area (Å²) in [6, 6.07) is 3.03. The van der Waals surface area contributed by atoms with E-state index >= 15 is 0 Å². The number of rotatable bonds is 0. The third-order valence-corrected chi connectivity index (χ3v) is 1.33. The molecule has 0 atom stereocenters. The summed E-state index contributed by atoms with van der Waals surface area (Å²) in [6.45, 7) is 0. The van der Waals surface area contributed by atoms with E-state index in [1.807, 2.05) is 0 Å². The number of nitrogens with zero attached hydrogens (tertiary/aromatic N) is 1. The van der Waals surface area contributed by atoms with Crippen LogP contribution in [0.2, 0.25) is 0 Å². The fourth-order valence-electron chi connectivity index (χ4n) is 0.542. The number of hydrogen-bond acceptors (Lipinski definition) is 2. The van der Waals surface area contributed by atoms with Gasteiger partial charge in [-0.15, -0.1) is 0 Å². The fourth-order valence-corrected chi connectivity index (χ4v) is 0.712. The second-order valence-electron chi connectivity index (χ2n) is 1.64. The lowest BCUT2D eigenvalue weighted by atomic mass is 10.4. The Morgan fingerprint density at radius 1 is 1.70 bits per heavy atom. The van der Waals surface area contributed by atoms with Crippen molar-refractivity contribution in [1.29, 1.82) is 5.26 Å². The molecule has 1 heterocycles. The molecule has 0 radical (unpaired) electrons. The van der Waals surface area contributed by atoms with E-state index in [4.69, 9.17) is 5.26 Å². The van der Waals surface area contributed by atoms with Gasteiger partial charge in [-0.3, -0.25) is 0 Å². The third-order valence-electron chi connectivity index (χ3n) is 1.01. The van der Waals surface area contributed by atoms with Gasteiger partial charge in [-0.25, -0.2) is 4.39 Å². The Balaban J connectivity index is 3.46. The Labute approximate surface area is 61.9 Å². The maximum atomic E-state index is 12.6. The Hall–Kier alpha value is -1.21. The lowest BCUT2D eigenvalue weighted by Crippen LogP contribution is -1.87. The van der Waals surface area contributed by atoms with E-state index in [9.17, 15) is 4.39 Å². The highest BCUT2D eigenvalue weighted by Crippen LogP contribution is 2.02. The summed E-state index contributed by atoms with van der Waals surface area (Å²) in [5.74, 6) is -0.653. The zero-order valence-corrected chi connectivity index (χ0v) is 5.70. The monoisotopic (exact) mass is 154 g/mol. The Morgan fingerprint density at radius 2 is 2.40 bits per heavy atom. The van der Waals surface area contributed by atoms with Gasteiger partial charge in [0, 0.05) is 6.20 Å². The minimum Gasteiger partial charge on any atom is -0.351 e. The number of nitriles is 1. The van der Waals surface area contributed by atoms with Gasteiger partial charge in [0.05, 0.1) is 4.51 Å². The van der Waals surface area contributed by atoms with Crippen LogP contribution in [0.1, 0.15) is 5.69 Å². The maximum absolute atomic E-state index is 12.6. The van der Waals surface area contributed by atoms with E-state index in [1.165, 1.54) is 12.3 Å². The number of nitrogens with one attached hydrogen (secondary N) is 1. The molecule has 0 bridgehead atoms. The molecule has 10 heavy (non-hydrogen) atoms. The molecule has 1 aromatic rings. The molecule has 0 saturated heterocycles. The summed E-state index contributed by atoms with van der Waals surface area (Å²) >= 11 is 4.56. The fraction of sp³-hybridized carbons (Fsp3) is 0. The van der Waals surface area contributed by atoms with Crippen LogP contribution in [0.3, 0.4) is 0 Å². The van der Waals surface area contributed by atoms with Crippen molar-refractivity contribution in [3.63, 3.8) is 0 Å². The molecule has 0 aliphatic heterocycles. The van der Waals surface area contributed by atoms with Gasteiger partial charge in [0.15, 0.2) is 11.5 Å². The van der Waals surface area contributed by atoms with E-state index in [2.05, 4.69) is 17.2 Å². The van der Waals surface area contributed by atoms with E-state index in [0.29, 0.717) is 0 Å². The van der Waals surface area contributed by atoms with E-state index in [1.54, 1.807) is 6.07 Å². The highest BCUT2D eigenvalue weighted by Gasteiger charge is 1.99. The average molecular weight is 154 g/mol. The molecule has 0 aromatic carbocycles. The molecule has 0 spiro atoms. The number of aromatic nitrogens is 1. The molecule has 0 unspecified atom stereocenters. The molecule has 0 fully saturated rings. The van der Waals surface area contributed by atoms with Crippen LogP contribution in [0, 0.1) is 21.7 Å². The molecule has 0 aliphatic rings. The van der Waals surface area contributed by atoms with Crippen LogP contribution in [0.4, 0.5) is 4.39 Å². The molecule has 1 aromatic heterocycles. The van der Waals surface area contributed by atoms with Gasteiger partial charge in [-0.05, 0) is 6.07 Å². The summed E-state index contributed by atoms with van der Waals surface area (Å²) in [7, 11) is 0. The van der Waals surface area contributed by atoms with Crippen molar-refractivity contribution >= 4 is 12.2 Å². The second kappa shape index (κ2) is 2.58. The topological polar surface area (TPSA) is 39.6 Å². The normalized spacial score (nSPS) is 8.80. The van der Waals surface area contributed by atoms with Crippen LogP contribution in [0.25, 0.3) is 0 Å². The molecule has 1 rings (SSSR count). The summed E-state index contributed by atoms with van der Waals surface area (Å²) in [4.78, 5) is 2.42. The van der Waals surface area contributed by atoms with E-state index in [0.717, 1.165) is 0 Å². The first-order valence-electron chi connectivity index (χ1n) is 2.53. The smallest absolute Gasteiger partial charge is 0.175 e. The van der Waals surface area contributed by atoms with Crippen molar-refractivity contribution in [2.45, 2.75) is 0 Å². The summed E-state index contributed by atoms with van der Waals surface area (Å²) in [6.07, 6.45) is 1.43. The van der Waals surface area contributed by atoms with Gasteiger partial charge >= 0.3 is 0 Å². The van der Waals surface area contributed by atoms with Crippen LogP contribution < -0.4 is 0 Å². The molecular formula is C6H3FN2S. The first-order valence-corrected chi connectivity index (χ1v) is 2.94. The average Bonchev–Trinajstić information content (AvgIpc) is 1.95. The van der Waals surface area contributed by atoms with Crippen molar-refractivity contribution in [2.24, 2.45) is 0 Å². The van der Waals surface area contributed by atoms with Gasteiger partial charge in [0.1, 0.15) is 6.07 Å². The van der Waals surface area contributed by atoms with Crippen LogP contribution in [-0.4, -0.2) is 4.98 Å². The van der Waals surface area contributed by atoms with Crippen LogP contribution in [0.5, 0.6) is 0 Å². The maximum Gasteiger partial charge on any atom is 0.175 e. The number of pyridine rings is 1. The molecule has 4 heteroatoms. The third kappa shape index (κ3) is 1.04. The van der Waals surface area contributed by atoms with Crippen LogP contribution in [0.15, 0.2) is 12.3 Å². The van der Waals surface area contributed by atoms with E-state index < -0.39 is 5.82 Å². The minimum atomic E-state index is -0.653. The standard InChI is InChI=1S/C6H3FN2S/c7-6-4(3-8)9-2-1-5(6)10/h1-2H,(H,9,10). The zero-order valence-electron chi connectivity index (χ0n) is 4.89. The number of halogens is 1. The minimum absolute atomic E-state index is 0.0651. The lowest BCUT2D eigenvalue weighted by molar-refractivity contribution is 0.612. The summed E-state index contributed by atoms with van der Waals surface area (Å²) < 4.78 is 12.7. The molecular weight excluding hydrogens is 151 g/mol. The predicted molar refractivity (Wildman–Crippen MR) is 36.3 cm³/mol. The molecule has 0 aliphatic carbocycles. The molecule has 50 valence electrons. The molecule has 0 amide bonds. The highest BCUT2D eigenvalue weighted by molar-refractivity contribution is 7.71. The summed E-state index contributed by atoms with van der Waals surface area (Å²) in [5, 5.41) is 8.28. The first-order chi connectivity index (χ1) is 4.75. The van der Waals surface area contributed by atoms with Gasteiger partial charge in [0.25, 0.3) is 0 Å². The van der Waals surface area contributed by atoms with Crippen molar-refractivity contribution in [3.05, 3.63) is 28.3 Å². The van der Waals surface area contributed by atoms with Crippen molar-refractivity contribution in [2.75, 3.05) is 0 Å². The summed E-state index contributed by atoms with van der Waals surface area (Å²) in [5.41, 5.74) is -0.118. The highest BCUT2D eigenvalue weighted by atomic mass is 32.1. The first kappa shape index (κ1) is 6.90. The molecule has 1 N–H and O–H groups in total. The number of H-pyrrole nitrogens is 1. The van der Waals surface area contributed by atoms with Crippen molar-refractivity contribution in [3.8, 4) is 6.07 Å². The predicted octanol–water partition coefficient (Wildman–Crippen LogP) is 1.75. The van der Waals surface area contributed by atoms with Crippen molar-refractivity contribution < 1.29 is 4.39 Å². The Morgan fingerprint density at radius 3 is 2.90 bits per heavy atom. The molecule has 2 nitrogen and oxygen atoms in total. The van der Waals surface area contributed by atoms with Crippen LogP contribution >= 0.6 is 12.2 Å². The Bertz CT molecular complexity index is 336. The quantitative estimate of drug-likeness (QED) is 0.578. The Kier molecular flexibility index (Phi) is 1.78. The number of aromatic amines is 1. The molecule has 0 saturated carbocycles. The van der Waals surface area contributed by atoms with E-state index in [-0.39, 0.29) is 10.2 Å².